The molecule has 2 fully saturated rings. The van der Waals surface area contributed by atoms with Gasteiger partial charge in [-0.25, -0.2) is 4.79 Å². The van der Waals surface area contributed by atoms with Crippen LogP contribution in [0.15, 0.2) is 0 Å². The van der Waals surface area contributed by atoms with Crippen LogP contribution < -0.4 is 27.0 Å². The van der Waals surface area contributed by atoms with E-state index in [0.717, 1.165) is 37.0 Å². The molecule has 316 valence electrons. The zero-order valence-corrected chi connectivity index (χ0v) is 33.6. The number of carboxylic acids is 2. The number of likely N-dealkylation sites (tertiary alicyclic amines) is 1. The monoisotopic (exact) mass is 793 g/mol. The Morgan fingerprint density at radius 3 is 1.88 bits per heavy atom. The number of hydrogen-bond acceptors (Lipinski definition) is 9. The number of likely N-dealkylation sites (N-methyl/N-ethyl adjacent to an activating group) is 1. The minimum absolute atomic E-state index is 0.0257. The van der Waals surface area contributed by atoms with Crippen molar-refractivity contribution in [1.82, 2.24) is 31.1 Å². The molecule has 2 rings (SSSR count). The van der Waals surface area contributed by atoms with Gasteiger partial charge in [-0.15, -0.1) is 0 Å². The van der Waals surface area contributed by atoms with Crippen LogP contribution in [0.2, 0.25) is 0 Å². The second kappa shape index (κ2) is 22.7. The third-order valence-electron chi connectivity index (χ3n) is 10.2. The molecule has 1 heterocycles. The standard InChI is InChI=1S/C38H63N7O11/c1-21(2)17-26(37(54)45-16-10-13-29(45)34(51)43-28(38(55)56)18-22(3)4)42-35(52)30(20-32(48)49)44(6)36(53)27(19-24-11-8-7-9-12-24)41-33(50)25(40-23(5)46)14-15-31(39)47/h21-22,24-30H,7-20H2,1-6H3,(H2,39,47)(H,40,46)(H,41,50)(H,42,52)(H,43,51)(H,48,49)(H,55,56)/t25-,26-,27-,28-,29-,30-/m0/s1. The lowest BCUT2D eigenvalue weighted by Crippen LogP contribution is -2.60. The first-order valence-corrected chi connectivity index (χ1v) is 19.7. The van der Waals surface area contributed by atoms with Crippen molar-refractivity contribution in [2.24, 2.45) is 23.5 Å². The van der Waals surface area contributed by atoms with Crippen LogP contribution >= 0.6 is 0 Å². The predicted molar refractivity (Wildman–Crippen MR) is 203 cm³/mol. The average Bonchev–Trinajstić information content (AvgIpc) is 3.60. The summed E-state index contributed by atoms with van der Waals surface area (Å²) in [5.41, 5.74) is 5.27. The Balaban J connectivity index is 2.39. The first-order valence-electron chi connectivity index (χ1n) is 19.7. The molecule has 2 aliphatic rings. The smallest absolute Gasteiger partial charge is 0.326 e. The molecule has 0 bridgehead atoms. The van der Waals surface area contributed by atoms with Crippen molar-refractivity contribution in [3.05, 3.63) is 0 Å². The molecule has 18 heteroatoms. The lowest BCUT2D eigenvalue weighted by molar-refractivity contribution is -0.149. The van der Waals surface area contributed by atoms with Gasteiger partial charge in [-0.2, -0.15) is 0 Å². The highest BCUT2D eigenvalue weighted by molar-refractivity contribution is 5.98. The SMILES string of the molecule is CC(=O)N[C@@H](CCC(N)=O)C(=O)N[C@@H](CC1CCCCC1)C(=O)N(C)[C@@H](CC(=O)O)C(=O)N[C@@H](CC(C)C)C(=O)N1CCC[C@H]1C(=O)N[C@@H](CC(C)C)C(=O)O. The summed E-state index contributed by atoms with van der Waals surface area (Å²) < 4.78 is 0. The Kier molecular flexibility index (Phi) is 19.2. The summed E-state index contributed by atoms with van der Waals surface area (Å²) in [6.45, 7) is 8.62. The van der Waals surface area contributed by atoms with E-state index >= 15 is 0 Å². The van der Waals surface area contributed by atoms with Gasteiger partial charge in [0.15, 0.2) is 0 Å². The highest BCUT2D eigenvalue weighted by atomic mass is 16.4. The number of rotatable bonds is 22. The minimum Gasteiger partial charge on any atom is -0.481 e. The van der Waals surface area contributed by atoms with E-state index in [2.05, 4.69) is 21.3 Å². The van der Waals surface area contributed by atoms with E-state index in [-0.39, 0.29) is 62.8 Å². The Labute approximate surface area is 328 Å². The third kappa shape index (κ3) is 15.4. The fourth-order valence-electron chi connectivity index (χ4n) is 7.45. The number of amides is 7. The summed E-state index contributed by atoms with van der Waals surface area (Å²) in [4.78, 5) is 119. The molecule has 1 saturated heterocycles. The van der Waals surface area contributed by atoms with Gasteiger partial charge < -0.3 is 47.0 Å². The Bertz CT molecular complexity index is 1430. The maximum atomic E-state index is 14.2. The van der Waals surface area contributed by atoms with Gasteiger partial charge in [0, 0.05) is 26.9 Å². The molecule has 0 aromatic rings. The molecule has 1 aliphatic carbocycles. The zero-order valence-electron chi connectivity index (χ0n) is 33.6. The molecule has 0 radical (unpaired) electrons. The van der Waals surface area contributed by atoms with Gasteiger partial charge in [0.25, 0.3) is 0 Å². The van der Waals surface area contributed by atoms with Crippen LogP contribution in [0.25, 0.3) is 0 Å². The van der Waals surface area contributed by atoms with E-state index in [1.165, 1.54) is 18.9 Å². The van der Waals surface area contributed by atoms with Gasteiger partial charge in [0.1, 0.15) is 36.3 Å². The quantitative estimate of drug-likeness (QED) is 0.0800. The number of carbonyl (C=O) groups is 9. The summed E-state index contributed by atoms with van der Waals surface area (Å²) in [6.07, 6.45) is 4.39. The third-order valence-corrected chi connectivity index (χ3v) is 10.2. The van der Waals surface area contributed by atoms with Crippen molar-refractivity contribution < 1.29 is 53.4 Å². The normalized spacial score (nSPS) is 18.6. The van der Waals surface area contributed by atoms with Gasteiger partial charge >= 0.3 is 11.9 Å². The van der Waals surface area contributed by atoms with Crippen molar-refractivity contribution in [3.63, 3.8) is 0 Å². The number of carboxylic acid groups (broad SMARTS) is 2. The van der Waals surface area contributed by atoms with E-state index in [1.54, 1.807) is 0 Å². The van der Waals surface area contributed by atoms with Crippen LogP contribution in [0.4, 0.5) is 0 Å². The molecule has 0 aromatic carbocycles. The fraction of sp³-hybridized carbons (Fsp3) is 0.763. The molecule has 6 atom stereocenters. The van der Waals surface area contributed by atoms with Gasteiger partial charge in [-0.05, 0) is 56.3 Å². The van der Waals surface area contributed by atoms with Crippen molar-refractivity contribution in [2.45, 2.75) is 154 Å². The fourth-order valence-corrected chi connectivity index (χ4v) is 7.45. The van der Waals surface area contributed by atoms with Gasteiger partial charge in [0.05, 0.1) is 6.42 Å². The molecule has 1 saturated carbocycles. The summed E-state index contributed by atoms with van der Waals surface area (Å²) in [5.74, 6) is -7.71. The molecule has 0 unspecified atom stereocenters. The number of nitrogens with zero attached hydrogens (tertiary/aromatic N) is 2. The summed E-state index contributed by atoms with van der Waals surface area (Å²) in [7, 11) is 1.24. The number of primary amides is 1. The zero-order chi connectivity index (χ0) is 42.3. The van der Waals surface area contributed by atoms with Gasteiger partial charge in [-0.3, -0.25) is 38.4 Å². The predicted octanol–water partition coefficient (Wildman–Crippen LogP) is 0.651. The molecule has 0 spiro atoms. The van der Waals surface area contributed by atoms with Gasteiger partial charge in [-0.1, -0.05) is 59.8 Å². The summed E-state index contributed by atoms with van der Waals surface area (Å²) in [5, 5.41) is 29.9. The van der Waals surface area contributed by atoms with Crippen molar-refractivity contribution >= 4 is 53.3 Å². The first kappa shape index (κ1) is 47.4. The van der Waals surface area contributed by atoms with E-state index in [1.807, 2.05) is 27.7 Å². The molecular formula is C38H63N7O11. The lowest BCUT2D eigenvalue weighted by Gasteiger charge is -2.34. The Morgan fingerprint density at radius 2 is 1.34 bits per heavy atom. The lowest BCUT2D eigenvalue weighted by atomic mass is 9.84. The van der Waals surface area contributed by atoms with E-state index in [0.29, 0.717) is 6.42 Å². The number of aliphatic carboxylic acids is 2. The number of hydrogen-bond donors (Lipinski definition) is 7. The maximum Gasteiger partial charge on any atom is 0.326 e. The molecule has 0 aromatic heterocycles. The topological polar surface area (TPSA) is 275 Å². The molecule has 7 amide bonds. The van der Waals surface area contributed by atoms with E-state index in [9.17, 15) is 53.4 Å². The first-order chi connectivity index (χ1) is 26.2. The van der Waals surface area contributed by atoms with Gasteiger partial charge in [0.2, 0.25) is 41.4 Å². The average molecular weight is 794 g/mol. The maximum absolute atomic E-state index is 14.2. The second-order valence-corrected chi connectivity index (χ2v) is 16.0. The molecular weight excluding hydrogens is 730 g/mol. The van der Waals surface area contributed by atoms with Crippen LogP contribution in [0.5, 0.6) is 0 Å². The molecule has 56 heavy (non-hydrogen) atoms. The molecule has 1 aliphatic heterocycles. The summed E-state index contributed by atoms with van der Waals surface area (Å²) >= 11 is 0. The molecule has 18 nitrogen and oxygen atoms in total. The van der Waals surface area contributed by atoms with Crippen LogP contribution in [-0.2, 0) is 43.2 Å². The van der Waals surface area contributed by atoms with Crippen LogP contribution in [-0.4, -0.2) is 123 Å². The highest BCUT2D eigenvalue weighted by Gasteiger charge is 2.41. The van der Waals surface area contributed by atoms with Crippen molar-refractivity contribution in [2.75, 3.05) is 13.6 Å². The van der Waals surface area contributed by atoms with E-state index < -0.39 is 96.0 Å². The second-order valence-electron chi connectivity index (χ2n) is 16.0. The van der Waals surface area contributed by atoms with Crippen LogP contribution in [0.1, 0.15) is 118 Å². The van der Waals surface area contributed by atoms with Crippen molar-refractivity contribution in [1.29, 1.82) is 0 Å². The Morgan fingerprint density at radius 1 is 0.750 bits per heavy atom. The number of nitrogens with two attached hydrogens (primary N) is 1. The van der Waals surface area contributed by atoms with Crippen molar-refractivity contribution in [3.8, 4) is 0 Å². The number of nitrogens with one attached hydrogen (secondary N) is 4. The number of carbonyl (C=O) groups excluding carboxylic acids is 7. The van der Waals surface area contributed by atoms with Crippen LogP contribution in [0, 0.1) is 17.8 Å². The van der Waals surface area contributed by atoms with E-state index in [4.69, 9.17) is 5.73 Å². The van der Waals surface area contributed by atoms with Crippen LogP contribution in [0.3, 0.4) is 0 Å². The Hall–Kier alpha value is -4.77. The summed E-state index contributed by atoms with van der Waals surface area (Å²) in [6, 6.07) is -7.42. The molecule has 8 N–H and O–H groups in total. The minimum atomic E-state index is -1.63. The highest BCUT2D eigenvalue weighted by Crippen LogP contribution is 2.28. The largest absolute Gasteiger partial charge is 0.481 e.